The molecule has 1 rings (SSSR count). The molecule has 0 aromatic carbocycles. The lowest BCUT2D eigenvalue weighted by molar-refractivity contribution is -0.128. The van der Waals surface area contributed by atoms with Gasteiger partial charge in [-0.05, 0) is 12.0 Å². The number of amides is 2. The zero-order chi connectivity index (χ0) is 10.6. The van der Waals surface area contributed by atoms with Crippen LogP contribution in [-0.4, -0.2) is 41.8 Å². The van der Waals surface area contributed by atoms with E-state index >= 15 is 0 Å². The van der Waals surface area contributed by atoms with E-state index in [1.54, 1.807) is 0 Å². The van der Waals surface area contributed by atoms with Crippen LogP contribution in [0.4, 0.5) is 0 Å². The maximum absolute atomic E-state index is 11.2. The largest absolute Gasteiger partial charge is 0.396 e. The third-order valence-corrected chi connectivity index (χ3v) is 1.86. The van der Waals surface area contributed by atoms with Gasteiger partial charge in [0.15, 0.2) is 0 Å². The van der Waals surface area contributed by atoms with Crippen molar-refractivity contribution in [2.24, 2.45) is 0 Å². The van der Waals surface area contributed by atoms with Crippen molar-refractivity contribution in [3.63, 3.8) is 0 Å². The summed E-state index contributed by atoms with van der Waals surface area (Å²) >= 11 is 0. The van der Waals surface area contributed by atoms with Gasteiger partial charge >= 0.3 is 0 Å². The van der Waals surface area contributed by atoms with Crippen molar-refractivity contribution in [2.45, 2.75) is 6.42 Å². The maximum atomic E-state index is 11.2. The summed E-state index contributed by atoms with van der Waals surface area (Å²) < 4.78 is 0. The van der Waals surface area contributed by atoms with Crippen molar-refractivity contribution in [1.82, 2.24) is 10.6 Å². The van der Waals surface area contributed by atoms with Gasteiger partial charge < -0.3 is 20.8 Å². The Hall–Kier alpha value is -1.40. The average molecular weight is 200 g/mol. The third kappa shape index (κ3) is 2.30. The Labute approximate surface area is 80.6 Å². The summed E-state index contributed by atoms with van der Waals surface area (Å²) in [6.07, 6.45) is 0.166. The van der Waals surface area contributed by atoms with Crippen LogP contribution in [0.3, 0.4) is 0 Å². The number of aliphatic hydroxyl groups is 2. The molecule has 6 nitrogen and oxygen atoms in total. The summed E-state index contributed by atoms with van der Waals surface area (Å²) in [6.45, 7) is -0.591. The summed E-state index contributed by atoms with van der Waals surface area (Å²) in [6, 6.07) is 0. The van der Waals surface area contributed by atoms with E-state index < -0.39 is 5.91 Å². The number of carbonyl (C=O) groups is 2. The first kappa shape index (κ1) is 10.7. The lowest BCUT2D eigenvalue weighted by atomic mass is 10.1. The fourth-order valence-corrected chi connectivity index (χ4v) is 1.16. The summed E-state index contributed by atoms with van der Waals surface area (Å²) in [5.41, 5.74) is 0.385. The minimum atomic E-state index is -0.429. The first-order valence-electron chi connectivity index (χ1n) is 4.20. The second-order valence-electron chi connectivity index (χ2n) is 2.84. The quantitative estimate of drug-likeness (QED) is 0.391. The summed E-state index contributed by atoms with van der Waals surface area (Å²) in [5.74, 6) is -0.759. The van der Waals surface area contributed by atoms with Gasteiger partial charge in [0.25, 0.3) is 5.91 Å². The normalized spacial score (nSPS) is 20.1. The van der Waals surface area contributed by atoms with Crippen LogP contribution in [0.2, 0.25) is 0 Å². The second-order valence-corrected chi connectivity index (χ2v) is 2.84. The number of hydrogen-bond acceptors (Lipinski definition) is 4. The fourth-order valence-electron chi connectivity index (χ4n) is 1.16. The number of piperazine rings is 1. The van der Waals surface area contributed by atoms with E-state index in [2.05, 4.69) is 10.6 Å². The van der Waals surface area contributed by atoms with Gasteiger partial charge in [-0.15, -0.1) is 0 Å². The van der Waals surface area contributed by atoms with E-state index in [-0.39, 0.29) is 37.8 Å². The molecule has 1 fully saturated rings. The van der Waals surface area contributed by atoms with E-state index in [1.807, 2.05) is 0 Å². The Morgan fingerprint density at radius 3 is 2.64 bits per heavy atom. The van der Waals surface area contributed by atoms with Gasteiger partial charge in [0.1, 0.15) is 5.70 Å². The van der Waals surface area contributed by atoms with Crippen LogP contribution in [0.25, 0.3) is 0 Å². The van der Waals surface area contributed by atoms with Gasteiger partial charge in [0, 0.05) is 6.61 Å². The zero-order valence-corrected chi connectivity index (χ0v) is 7.54. The molecule has 0 atom stereocenters. The average Bonchev–Trinajstić information content (AvgIpc) is 2.18. The topological polar surface area (TPSA) is 98.7 Å². The first-order chi connectivity index (χ1) is 6.69. The zero-order valence-electron chi connectivity index (χ0n) is 7.54. The monoisotopic (exact) mass is 200 g/mol. The Bertz CT molecular complexity index is 285. The maximum Gasteiger partial charge on any atom is 0.268 e. The van der Waals surface area contributed by atoms with Gasteiger partial charge in [-0.1, -0.05) is 0 Å². The number of aliphatic hydroxyl groups excluding tert-OH is 2. The van der Waals surface area contributed by atoms with Crippen molar-refractivity contribution >= 4 is 11.8 Å². The summed E-state index contributed by atoms with van der Waals surface area (Å²) in [5, 5.41) is 22.3. The molecule has 0 aromatic rings. The number of rotatable bonds is 3. The van der Waals surface area contributed by atoms with E-state index in [4.69, 9.17) is 10.2 Å². The van der Waals surface area contributed by atoms with Gasteiger partial charge in [-0.25, -0.2) is 0 Å². The predicted octanol–water partition coefficient (Wildman–Crippen LogP) is -2.14. The highest BCUT2D eigenvalue weighted by Crippen LogP contribution is 2.07. The van der Waals surface area contributed by atoms with Crippen molar-refractivity contribution in [3.8, 4) is 0 Å². The molecule has 4 N–H and O–H groups in total. The number of nitrogens with one attached hydrogen (secondary N) is 2. The van der Waals surface area contributed by atoms with Crippen LogP contribution in [-0.2, 0) is 9.59 Å². The number of hydrogen-bond donors (Lipinski definition) is 4. The van der Waals surface area contributed by atoms with E-state index in [9.17, 15) is 9.59 Å². The highest BCUT2D eigenvalue weighted by molar-refractivity contribution is 6.03. The molecule has 0 aliphatic carbocycles. The molecular formula is C8H12N2O4. The molecule has 0 bridgehead atoms. The van der Waals surface area contributed by atoms with Gasteiger partial charge in [-0.2, -0.15) is 0 Å². The van der Waals surface area contributed by atoms with Crippen molar-refractivity contribution in [1.29, 1.82) is 0 Å². The molecule has 0 radical (unpaired) electrons. The van der Waals surface area contributed by atoms with Crippen LogP contribution < -0.4 is 10.6 Å². The molecule has 78 valence electrons. The minimum absolute atomic E-state index is 0.0535. The van der Waals surface area contributed by atoms with Gasteiger partial charge in [-0.3, -0.25) is 9.59 Å². The molecule has 1 heterocycles. The lowest BCUT2D eigenvalue weighted by Crippen LogP contribution is -2.48. The van der Waals surface area contributed by atoms with Crippen LogP contribution >= 0.6 is 0 Å². The molecule has 0 saturated carbocycles. The minimum Gasteiger partial charge on any atom is -0.396 e. The van der Waals surface area contributed by atoms with Gasteiger partial charge in [0.05, 0.1) is 13.2 Å². The van der Waals surface area contributed by atoms with Crippen molar-refractivity contribution in [3.05, 3.63) is 11.3 Å². The smallest absolute Gasteiger partial charge is 0.268 e. The van der Waals surface area contributed by atoms with Crippen LogP contribution in [0, 0.1) is 0 Å². The number of carbonyl (C=O) groups excluding carboxylic acids is 2. The lowest BCUT2D eigenvalue weighted by Gasteiger charge is -2.19. The Kier molecular flexibility index (Phi) is 3.61. The highest BCUT2D eigenvalue weighted by Gasteiger charge is 2.22. The molecule has 6 heteroatoms. The Morgan fingerprint density at radius 1 is 1.36 bits per heavy atom. The van der Waals surface area contributed by atoms with Crippen LogP contribution in [0.5, 0.6) is 0 Å². The Balaban J connectivity index is 2.88. The summed E-state index contributed by atoms with van der Waals surface area (Å²) in [4.78, 5) is 22.2. The standard InChI is InChI=1S/C8H12N2O4/c11-2-1-5(4-12)7-8(14)9-3-6(13)10-7/h11-12H,1-4H2,(H,9,14)(H,10,13)/b7-5-. The van der Waals surface area contributed by atoms with Crippen LogP contribution in [0.1, 0.15) is 6.42 Å². The molecule has 1 aliphatic rings. The predicted molar refractivity (Wildman–Crippen MR) is 47.0 cm³/mol. The van der Waals surface area contributed by atoms with Crippen molar-refractivity contribution in [2.75, 3.05) is 19.8 Å². The van der Waals surface area contributed by atoms with E-state index in [0.29, 0.717) is 5.57 Å². The Morgan fingerprint density at radius 2 is 2.07 bits per heavy atom. The molecule has 0 unspecified atom stereocenters. The molecular weight excluding hydrogens is 188 g/mol. The summed E-state index contributed by atoms with van der Waals surface area (Å²) in [7, 11) is 0. The second kappa shape index (κ2) is 4.73. The molecule has 2 amide bonds. The molecule has 0 aromatic heterocycles. The molecule has 0 spiro atoms. The van der Waals surface area contributed by atoms with Crippen LogP contribution in [0.15, 0.2) is 11.3 Å². The highest BCUT2D eigenvalue weighted by atomic mass is 16.3. The van der Waals surface area contributed by atoms with Crippen molar-refractivity contribution < 1.29 is 19.8 Å². The van der Waals surface area contributed by atoms with E-state index in [1.165, 1.54) is 0 Å². The molecule has 14 heavy (non-hydrogen) atoms. The van der Waals surface area contributed by atoms with E-state index in [0.717, 1.165) is 0 Å². The first-order valence-corrected chi connectivity index (χ1v) is 4.20. The fraction of sp³-hybridized carbons (Fsp3) is 0.500. The SMILES string of the molecule is O=C1CNC(=O)/C(=C(/CO)CCO)N1. The van der Waals surface area contributed by atoms with Gasteiger partial charge in [0.2, 0.25) is 5.91 Å². The molecule has 1 saturated heterocycles. The third-order valence-electron chi connectivity index (χ3n) is 1.86. The molecule has 1 aliphatic heterocycles.